The van der Waals surface area contributed by atoms with Gasteiger partial charge in [-0.15, -0.1) is 0 Å². The first-order chi connectivity index (χ1) is 16.8. The van der Waals surface area contributed by atoms with Gasteiger partial charge in [0.25, 0.3) is 5.91 Å². The van der Waals surface area contributed by atoms with Gasteiger partial charge in [0, 0.05) is 12.7 Å². The molecular formula is C26H25F3N4O2. The van der Waals surface area contributed by atoms with Gasteiger partial charge in [0.2, 0.25) is 0 Å². The van der Waals surface area contributed by atoms with Crippen molar-refractivity contribution in [1.29, 1.82) is 0 Å². The number of alkyl halides is 3. The van der Waals surface area contributed by atoms with Gasteiger partial charge in [0.15, 0.2) is 5.82 Å². The molecule has 3 aromatic rings. The highest BCUT2D eigenvalue weighted by Gasteiger charge is 2.31. The lowest BCUT2D eigenvalue weighted by Crippen LogP contribution is -2.27. The van der Waals surface area contributed by atoms with Crippen LogP contribution >= 0.6 is 0 Å². The van der Waals surface area contributed by atoms with Gasteiger partial charge in [-0.05, 0) is 59.4 Å². The molecule has 0 bridgehead atoms. The van der Waals surface area contributed by atoms with Crippen molar-refractivity contribution in [3.8, 4) is 11.1 Å². The molecule has 9 heteroatoms. The average molecular weight is 483 g/mol. The lowest BCUT2D eigenvalue weighted by Gasteiger charge is -2.17. The Kier molecular flexibility index (Phi) is 7.28. The number of rotatable bonds is 6. The molecule has 0 saturated heterocycles. The van der Waals surface area contributed by atoms with Crippen molar-refractivity contribution in [3.63, 3.8) is 0 Å². The van der Waals surface area contributed by atoms with Gasteiger partial charge in [-0.1, -0.05) is 36.4 Å². The summed E-state index contributed by atoms with van der Waals surface area (Å²) in [5, 5.41) is 2.91. The Morgan fingerprint density at radius 2 is 1.94 bits per heavy atom. The van der Waals surface area contributed by atoms with E-state index in [0.717, 1.165) is 23.3 Å². The van der Waals surface area contributed by atoms with E-state index in [1.807, 2.05) is 13.0 Å². The molecule has 35 heavy (non-hydrogen) atoms. The topological polar surface area (TPSA) is 90.1 Å². The molecule has 2 heterocycles. The molecule has 1 aliphatic rings. The van der Waals surface area contributed by atoms with Crippen LogP contribution in [0.4, 0.5) is 13.2 Å². The number of amides is 1. The Morgan fingerprint density at radius 1 is 1.17 bits per heavy atom. The van der Waals surface area contributed by atoms with Crippen molar-refractivity contribution >= 4 is 11.5 Å². The maximum atomic E-state index is 13.2. The van der Waals surface area contributed by atoms with Gasteiger partial charge < -0.3 is 15.8 Å². The molecule has 2 aromatic carbocycles. The number of hydrogen-bond donors (Lipinski definition) is 2. The molecule has 1 atom stereocenters. The van der Waals surface area contributed by atoms with Crippen LogP contribution < -0.4 is 11.1 Å². The van der Waals surface area contributed by atoms with Crippen LogP contribution in [0, 0.1) is 0 Å². The molecule has 182 valence electrons. The summed E-state index contributed by atoms with van der Waals surface area (Å²) in [6.07, 6.45) is -0.295. The number of nitrogens with two attached hydrogens (primary N) is 1. The third-order valence-electron chi connectivity index (χ3n) is 5.87. The second-order valence-electron chi connectivity index (χ2n) is 8.21. The van der Waals surface area contributed by atoms with Gasteiger partial charge in [-0.2, -0.15) is 13.2 Å². The molecule has 4 rings (SSSR count). The van der Waals surface area contributed by atoms with Crippen LogP contribution in [0.25, 0.3) is 16.7 Å². The second-order valence-corrected chi connectivity index (χ2v) is 8.21. The Bertz CT molecular complexity index is 1240. The van der Waals surface area contributed by atoms with Crippen LogP contribution in [0.2, 0.25) is 0 Å². The maximum Gasteiger partial charge on any atom is 0.416 e. The number of carbonyl (C=O) groups is 1. The molecule has 6 nitrogen and oxygen atoms in total. The SMILES string of the molecule is C[C@@H](NC(=O)c1ccnc(C2=CCOCC2)n1)c1ccc(-c2cc(C(F)(F)F)ccc2CN)cc1. The predicted octanol–water partition coefficient (Wildman–Crippen LogP) is 4.92. The summed E-state index contributed by atoms with van der Waals surface area (Å²) in [7, 11) is 0. The third kappa shape index (κ3) is 5.75. The molecule has 1 aliphatic heterocycles. The number of hydrogen-bond acceptors (Lipinski definition) is 5. The minimum absolute atomic E-state index is 0.118. The monoisotopic (exact) mass is 482 g/mol. The quantitative estimate of drug-likeness (QED) is 0.521. The Balaban J connectivity index is 1.50. The fourth-order valence-corrected chi connectivity index (χ4v) is 3.87. The van der Waals surface area contributed by atoms with E-state index in [1.165, 1.54) is 6.07 Å². The number of nitrogens with zero attached hydrogens (tertiary/aromatic N) is 2. The van der Waals surface area contributed by atoms with Crippen LogP contribution in [0.1, 0.15) is 52.4 Å². The molecule has 1 aromatic heterocycles. The lowest BCUT2D eigenvalue weighted by molar-refractivity contribution is -0.137. The number of halogens is 3. The van der Waals surface area contributed by atoms with E-state index < -0.39 is 11.7 Å². The Hall–Kier alpha value is -3.56. The summed E-state index contributed by atoms with van der Waals surface area (Å²) < 4.78 is 44.9. The van der Waals surface area contributed by atoms with Gasteiger partial charge in [0.1, 0.15) is 5.69 Å². The number of benzene rings is 2. The normalized spacial score (nSPS) is 14.8. The van der Waals surface area contributed by atoms with Crippen LogP contribution in [-0.4, -0.2) is 29.1 Å². The summed E-state index contributed by atoms with van der Waals surface area (Å²) in [6, 6.07) is 11.8. The van der Waals surface area contributed by atoms with Gasteiger partial charge >= 0.3 is 6.18 Å². The summed E-state index contributed by atoms with van der Waals surface area (Å²) in [4.78, 5) is 21.5. The van der Waals surface area contributed by atoms with Crippen molar-refractivity contribution in [2.24, 2.45) is 5.73 Å². The third-order valence-corrected chi connectivity index (χ3v) is 5.87. The smallest absolute Gasteiger partial charge is 0.377 e. The van der Waals surface area contributed by atoms with Crippen molar-refractivity contribution in [1.82, 2.24) is 15.3 Å². The van der Waals surface area contributed by atoms with Gasteiger partial charge in [-0.3, -0.25) is 4.79 Å². The Labute approximate surface area is 201 Å². The highest BCUT2D eigenvalue weighted by atomic mass is 19.4. The van der Waals surface area contributed by atoms with Crippen molar-refractivity contribution in [3.05, 3.63) is 89.0 Å². The molecule has 0 spiro atoms. The summed E-state index contributed by atoms with van der Waals surface area (Å²) in [5.41, 5.74) is 8.68. The van der Waals surface area contributed by atoms with E-state index in [9.17, 15) is 18.0 Å². The highest BCUT2D eigenvalue weighted by Crippen LogP contribution is 2.34. The zero-order chi connectivity index (χ0) is 25.0. The van der Waals surface area contributed by atoms with E-state index in [-0.39, 0.29) is 24.2 Å². The zero-order valence-corrected chi connectivity index (χ0v) is 19.1. The first-order valence-corrected chi connectivity index (χ1v) is 11.2. The standard InChI is InChI=1S/C26H25F3N4O2/c1-16(32-25(34)23-8-11-31-24(33-23)19-9-12-35-13-10-19)17-2-4-18(5-3-17)22-14-21(26(27,28)29)7-6-20(22)15-30/h2-9,11,14,16H,10,12-13,15,30H2,1H3,(H,32,34)/t16-/m1/s1. The minimum Gasteiger partial charge on any atom is -0.377 e. The lowest BCUT2D eigenvalue weighted by atomic mass is 9.95. The van der Waals surface area contributed by atoms with Crippen LogP contribution in [0.5, 0.6) is 0 Å². The number of ether oxygens (including phenoxy) is 1. The first-order valence-electron chi connectivity index (χ1n) is 11.2. The number of aromatic nitrogens is 2. The summed E-state index contributed by atoms with van der Waals surface area (Å²) in [6.45, 7) is 3.03. The van der Waals surface area contributed by atoms with E-state index in [2.05, 4.69) is 15.3 Å². The molecular weight excluding hydrogens is 457 g/mol. The minimum atomic E-state index is -4.44. The summed E-state index contributed by atoms with van der Waals surface area (Å²) >= 11 is 0. The molecule has 0 aliphatic carbocycles. The predicted molar refractivity (Wildman–Crippen MR) is 126 cm³/mol. The fourth-order valence-electron chi connectivity index (χ4n) is 3.87. The molecule has 3 N–H and O–H groups in total. The zero-order valence-electron chi connectivity index (χ0n) is 19.1. The molecule has 0 saturated carbocycles. The van der Waals surface area contributed by atoms with Crippen LogP contribution in [0.3, 0.4) is 0 Å². The molecule has 0 fully saturated rings. The van der Waals surface area contributed by atoms with Crippen molar-refractivity contribution in [2.75, 3.05) is 13.2 Å². The van der Waals surface area contributed by atoms with Gasteiger partial charge in [-0.25, -0.2) is 9.97 Å². The number of carbonyl (C=O) groups excluding carboxylic acids is 1. The van der Waals surface area contributed by atoms with Crippen LogP contribution in [-0.2, 0) is 17.5 Å². The second kappa shape index (κ2) is 10.4. The van der Waals surface area contributed by atoms with E-state index >= 15 is 0 Å². The van der Waals surface area contributed by atoms with Crippen molar-refractivity contribution < 1.29 is 22.7 Å². The largest absolute Gasteiger partial charge is 0.416 e. The van der Waals surface area contributed by atoms with E-state index in [0.29, 0.717) is 42.1 Å². The fraction of sp³-hybridized carbons (Fsp3) is 0.269. The van der Waals surface area contributed by atoms with E-state index in [4.69, 9.17) is 10.5 Å². The molecule has 0 unspecified atom stereocenters. The Morgan fingerprint density at radius 3 is 2.60 bits per heavy atom. The highest BCUT2D eigenvalue weighted by molar-refractivity contribution is 5.92. The number of nitrogens with one attached hydrogen (secondary N) is 1. The van der Waals surface area contributed by atoms with E-state index in [1.54, 1.807) is 36.5 Å². The van der Waals surface area contributed by atoms with Crippen LogP contribution in [0.15, 0.2) is 60.8 Å². The molecule has 1 amide bonds. The first kappa shape index (κ1) is 24.6. The molecule has 0 radical (unpaired) electrons. The maximum absolute atomic E-state index is 13.2. The van der Waals surface area contributed by atoms with Crippen molar-refractivity contribution in [2.45, 2.75) is 32.1 Å². The van der Waals surface area contributed by atoms with Gasteiger partial charge in [0.05, 0.1) is 24.8 Å². The average Bonchev–Trinajstić information content (AvgIpc) is 2.88. The summed E-state index contributed by atoms with van der Waals surface area (Å²) in [5.74, 6) is 0.163.